The molecule has 7 heteroatoms. The van der Waals surface area contributed by atoms with E-state index in [1.807, 2.05) is 0 Å². The molecule has 1 aromatic carbocycles. The molecule has 102 valence electrons. The summed E-state index contributed by atoms with van der Waals surface area (Å²) < 4.78 is 0. The van der Waals surface area contributed by atoms with E-state index in [1.165, 1.54) is 11.0 Å². The van der Waals surface area contributed by atoms with E-state index in [0.717, 1.165) is 0 Å². The summed E-state index contributed by atoms with van der Waals surface area (Å²) >= 11 is 5.84. The average Bonchev–Trinajstić information content (AvgIpc) is 2.69. The average molecular weight is 284 g/mol. The summed E-state index contributed by atoms with van der Waals surface area (Å²) in [5.41, 5.74) is 6.36. The lowest BCUT2D eigenvalue weighted by Crippen LogP contribution is -2.27. The zero-order chi connectivity index (χ0) is 14.2. The Bertz CT molecular complexity index is 547. The van der Waals surface area contributed by atoms with Crippen molar-refractivity contribution in [2.75, 3.05) is 18.0 Å². The molecule has 1 saturated heterocycles. The van der Waals surface area contributed by atoms with E-state index < -0.39 is 4.92 Å². The Hall–Kier alpha value is -1.66. The van der Waals surface area contributed by atoms with Gasteiger partial charge in [-0.25, -0.2) is 0 Å². The number of aryl methyl sites for hydroxylation is 1. The number of nitrogens with zero attached hydrogens (tertiary/aromatic N) is 2. The first kappa shape index (κ1) is 13.8. The van der Waals surface area contributed by atoms with Crippen molar-refractivity contribution < 1.29 is 9.72 Å². The van der Waals surface area contributed by atoms with E-state index in [9.17, 15) is 14.9 Å². The monoisotopic (exact) mass is 283 g/mol. The van der Waals surface area contributed by atoms with Gasteiger partial charge >= 0.3 is 0 Å². The largest absolute Gasteiger partial charge is 0.330 e. The number of halogens is 1. The molecule has 0 spiro atoms. The van der Waals surface area contributed by atoms with Crippen LogP contribution in [-0.2, 0) is 4.79 Å². The van der Waals surface area contributed by atoms with Crippen LogP contribution >= 0.6 is 11.6 Å². The fourth-order valence-corrected chi connectivity index (χ4v) is 2.63. The number of hydrogen-bond acceptors (Lipinski definition) is 4. The van der Waals surface area contributed by atoms with E-state index >= 15 is 0 Å². The van der Waals surface area contributed by atoms with Gasteiger partial charge in [0.25, 0.3) is 5.69 Å². The number of nitro benzene ring substituents is 1. The van der Waals surface area contributed by atoms with Crippen LogP contribution in [0.3, 0.4) is 0 Å². The summed E-state index contributed by atoms with van der Waals surface area (Å²) in [6.07, 6.45) is 0.329. The summed E-state index contributed by atoms with van der Waals surface area (Å²) in [7, 11) is 0. The molecule has 0 radical (unpaired) electrons. The summed E-state index contributed by atoms with van der Waals surface area (Å²) in [6, 6.07) is 2.89. The molecule has 2 rings (SSSR count). The number of carbonyl (C=O) groups excluding carboxylic acids is 1. The second-order valence-corrected chi connectivity index (χ2v) is 5.09. The number of rotatable bonds is 3. The maximum atomic E-state index is 12.0. The highest BCUT2D eigenvalue weighted by Crippen LogP contribution is 2.37. The fourth-order valence-electron chi connectivity index (χ4n) is 2.36. The lowest BCUT2D eigenvalue weighted by molar-refractivity contribution is -0.384. The lowest BCUT2D eigenvalue weighted by atomic mass is 10.1. The molecular weight excluding hydrogens is 270 g/mol. The molecule has 6 nitrogen and oxygen atoms in total. The van der Waals surface area contributed by atoms with E-state index in [0.29, 0.717) is 30.8 Å². The van der Waals surface area contributed by atoms with Crippen molar-refractivity contribution in [2.45, 2.75) is 13.3 Å². The van der Waals surface area contributed by atoms with Gasteiger partial charge in [0.1, 0.15) is 5.69 Å². The van der Waals surface area contributed by atoms with Gasteiger partial charge in [0.15, 0.2) is 0 Å². The molecule has 2 N–H and O–H groups in total. The van der Waals surface area contributed by atoms with Crippen LogP contribution in [0.5, 0.6) is 0 Å². The zero-order valence-electron chi connectivity index (χ0n) is 10.4. The van der Waals surface area contributed by atoms with Crippen LogP contribution in [0.2, 0.25) is 5.02 Å². The van der Waals surface area contributed by atoms with Gasteiger partial charge in [0.2, 0.25) is 5.91 Å². The predicted octanol–water partition coefficient (Wildman–Crippen LogP) is 1.87. The molecule has 0 saturated carbocycles. The molecule has 1 aromatic rings. The van der Waals surface area contributed by atoms with Crippen molar-refractivity contribution in [3.05, 3.63) is 32.8 Å². The van der Waals surface area contributed by atoms with E-state index in [4.69, 9.17) is 17.3 Å². The van der Waals surface area contributed by atoms with Crippen LogP contribution < -0.4 is 10.6 Å². The molecule has 1 unspecified atom stereocenters. The van der Waals surface area contributed by atoms with Gasteiger partial charge in [-0.15, -0.1) is 0 Å². The van der Waals surface area contributed by atoms with Crippen LogP contribution in [0.4, 0.5) is 11.4 Å². The Morgan fingerprint density at radius 1 is 1.58 bits per heavy atom. The number of benzene rings is 1. The number of carbonyl (C=O) groups is 1. The minimum Gasteiger partial charge on any atom is -0.330 e. The maximum absolute atomic E-state index is 12.0. The van der Waals surface area contributed by atoms with Gasteiger partial charge in [-0.2, -0.15) is 0 Å². The SMILES string of the molecule is Cc1cc(Cl)cc([N+](=O)[O-])c1N1CC(CN)CC1=O. The highest BCUT2D eigenvalue weighted by Gasteiger charge is 2.34. The Labute approximate surface area is 115 Å². The summed E-state index contributed by atoms with van der Waals surface area (Å²) in [4.78, 5) is 24.0. The van der Waals surface area contributed by atoms with Crippen LogP contribution in [0.15, 0.2) is 12.1 Å². The van der Waals surface area contributed by atoms with Crippen molar-refractivity contribution in [3.8, 4) is 0 Å². The number of amides is 1. The molecule has 1 heterocycles. The number of nitrogens with two attached hydrogens (primary N) is 1. The molecule has 0 bridgehead atoms. The summed E-state index contributed by atoms with van der Waals surface area (Å²) in [5.74, 6) is -0.0915. The van der Waals surface area contributed by atoms with Crippen molar-refractivity contribution in [3.63, 3.8) is 0 Å². The highest BCUT2D eigenvalue weighted by atomic mass is 35.5. The van der Waals surface area contributed by atoms with Gasteiger partial charge in [-0.3, -0.25) is 14.9 Å². The topological polar surface area (TPSA) is 89.5 Å². The summed E-state index contributed by atoms with van der Waals surface area (Å²) in [5, 5.41) is 11.4. The lowest BCUT2D eigenvalue weighted by Gasteiger charge is -2.19. The Morgan fingerprint density at radius 3 is 2.79 bits per heavy atom. The maximum Gasteiger partial charge on any atom is 0.294 e. The fraction of sp³-hybridized carbons (Fsp3) is 0.417. The van der Waals surface area contributed by atoms with Gasteiger partial charge in [-0.05, 0) is 31.0 Å². The number of anilines is 1. The Kier molecular flexibility index (Phi) is 3.73. The highest BCUT2D eigenvalue weighted by molar-refractivity contribution is 6.31. The van der Waals surface area contributed by atoms with Gasteiger partial charge < -0.3 is 10.6 Å². The molecule has 19 heavy (non-hydrogen) atoms. The standard InChI is InChI=1S/C12H14ClN3O3/c1-7-2-9(13)4-10(16(18)19)12(7)15-6-8(5-14)3-11(15)17/h2,4,8H,3,5-6,14H2,1H3. The molecule has 1 fully saturated rings. The molecule has 1 amide bonds. The molecule has 0 aromatic heterocycles. The van der Waals surface area contributed by atoms with Crippen molar-refractivity contribution in [1.29, 1.82) is 0 Å². The van der Waals surface area contributed by atoms with Gasteiger partial charge in [-0.1, -0.05) is 11.6 Å². The minimum atomic E-state index is -0.517. The van der Waals surface area contributed by atoms with Crippen molar-refractivity contribution >= 4 is 28.9 Å². The van der Waals surface area contributed by atoms with Crippen LogP contribution in [0.25, 0.3) is 0 Å². The first-order chi connectivity index (χ1) is 8.93. The van der Waals surface area contributed by atoms with E-state index in [2.05, 4.69) is 0 Å². The van der Waals surface area contributed by atoms with Crippen LogP contribution in [0, 0.1) is 23.0 Å². The van der Waals surface area contributed by atoms with Gasteiger partial charge in [0, 0.05) is 24.1 Å². The number of hydrogen-bond donors (Lipinski definition) is 1. The van der Waals surface area contributed by atoms with Gasteiger partial charge in [0.05, 0.1) is 4.92 Å². The third-order valence-corrected chi connectivity index (χ3v) is 3.47. The zero-order valence-corrected chi connectivity index (χ0v) is 11.2. The smallest absolute Gasteiger partial charge is 0.294 e. The first-order valence-electron chi connectivity index (χ1n) is 5.89. The minimum absolute atomic E-state index is 0.0437. The predicted molar refractivity (Wildman–Crippen MR) is 72.4 cm³/mol. The molecule has 0 aliphatic carbocycles. The molecular formula is C12H14ClN3O3. The Balaban J connectivity index is 2.50. The number of nitro groups is 1. The normalized spacial score (nSPS) is 19.0. The van der Waals surface area contributed by atoms with Crippen LogP contribution in [0.1, 0.15) is 12.0 Å². The third kappa shape index (κ3) is 2.54. The summed E-state index contributed by atoms with van der Waals surface area (Å²) in [6.45, 7) is 2.51. The second-order valence-electron chi connectivity index (χ2n) is 4.66. The van der Waals surface area contributed by atoms with E-state index in [1.54, 1.807) is 13.0 Å². The Morgan fingerprint density at radius 2 is 2.26 bits per heavy atom. The van der Waals surface area contributed by atoms with Crippen molar-refractivity contribution in [1.82, 2.24) is 0 Å². The first-order valence-corrected chi connectivity index (χ1v) is 6.26. The quantitative estimate of drug-likeness (QED) is 0.677. The third-order valence-electron chi connectivity index (χ3n) is 3.25. The van der Waals surface area contributed by atoms with Crippen molar-refractivity contribution in [2.24, 2.45) is 11.7 Å². The molecule has 1 aliphatic heterocycles. The molecule has 1 atom stereocenters. The molecule has 1 aliphatic rings. The second kappa shape index (κ2) is 5.14. The van der Waals surface area contributed by atoms with E-state index in [-0.39, 0.29) is 22.5 Å². The van der Waals surface area contributed by atoms with Crippen LogP contribution in [-0.4, -0.2) is 23.9 Å².